The summed E-state index contributed by atoms with van der Waals surface area (Å²) in [4.78, 5) is 12.2. The molecule has 0 heterocycles. The largest absolute Gasteiger partial charge is 0.409 e. The molecular weight excluding hydrogens is 273 g/mol. The van der Waals surface area contributed by atoms with Crippen molar-refractivity contribution >= 4 is 11.7 Å². The zero-order chi connectivity index (χ0) is 15.3. The number of halogens is 1. The molecule has 114 valence electrons. The average molecular weight is 293 g/mol. The summed E-state index contributed by atoms with van der Waals surface area (Å²) >= 11 is 0. The number of benzene rings is 1. The van der Waals surface area contributed by atoms with Gasteiger partial charge < -0.3 is 16.3 Å². The Hall–Kier alpha value is -2.11. The maximum Gasteiger partial charge on any atom is 0.225 e. The van der Waals surface area contributed by atoms with Gasteiger partial charge in [0.2, 0.25) is 5.91 Å². The molecule has 0 aliphatic heterocycles. The Kier molecular flexibility index (Phi) is 4.77. The Morgan fingerprint density at radius 2 is 1.90 bits per heavy atom. The SMILES string of the molecule is N/C(=N/O)C1(NC(=O)Cc2ccc(F)cc2)CCCCC1. The van der Waals surface area contributed by atoms with E-state index in [1.165, 1.54) is 12.1 Å². The Bertz CT molecular complexity index is 522. The van der Waals surface area contributed by atoms with Crippen LogP contribution in [-0.4, -0.2) is 22.5 Å². The molecule has 0 radical (unpaired) electrons. The molecule has 6 heteroatoms. The summed E-state index contributed by atoms with van der Waals surface area (Å²) in [5.41, 5.74) is 5.74. The number of oxime groups is 1. The minimum Gasteiger partial charge on any atom is -0.409 e. The molecule has 1 amide bonds. The van der Waals surface area contributed by atoms with E-state index in [1.54, 1.807) is 12.1 Å². The van der Waals surface area contributed by atoms with Crippen LogP contribution in [0.3, 0.4) is 0 Å². The molecule has 0 unspecified atom stereocenters. The van der Waals surface area contributed by atoms with E-state index in [-0.39, 0.29) is 24.0 Å². The van der Waals surface area contributed by atoms with Crippen LogP contribution in [0.25, 0.3) is 0 Å². The van der Waals surface area contributed by atoms with Crippen molar-refractivity contribution in [3.8, 4) is 0 Å². The van der Waals surface area contributed by atoms with Crippen LogP contribution in [0.15, 0.2) is 29.4 Å². The van der Waals surface area contributed by atoms with Gasteiger partial charge in [-0.2, -0.15) is 0 Å². The highest BCUT2D eigenvalue weighted by Crippen LogP contribution is 2.28. The van der Waals surface area contributed by atoms with Crippen molar-refractivity contribution in [2.24, 2.45) is 10.9 Å². The molecule has 21 heavy (non-hydrogen) atoms. The van der Waals surface area contributed by atoms with Crippen LogP contribution in [0, 0.1) is 5.82 Å². The lowest BCUT2D eigenvalue weighted by Crippen LogP contribution is -2.58. The minimum atomic E-state index is -0.760. The number of nitrogens with two attached hydrogens (primary N) is 1. The highest BCUT2D eigenvalue weighted by molar-refractivity contribution is 5.94. The van der Waals surface area contributed by atoms with Crippen LogP contribution in [-0.2, 0) is 11.2 Å². The third kappa shape index (κ3) is 3.71. The fraction of sp³-hybridized carbons (Fsp3) is 0.467. The Balaban J connectivity index is 2.06. The quantitative estimate of drug-likeness (QED) is 0.343. The number of nitrogens with zero attached hydrogens (tertiary/aromatic N) is 1. The first-order chi connectivity index (χ1) is 10.1. The monoisotopic (exact) mass is 293 g/mol. The van der Waals surface area contributed by atoms with Crippen molar-refractivity contribution in [3.05, 3.63) is 35.6 Å². The van der Waals surface area contributed by atoms with E-state index in [9.17, 15) is 9.18 Å². The fourth-order valence-electron chi connectivity index (χ4n) is 2.79. The van der Waals surface area contributed by atoms with Gasteiger partial charge in [-0.25, -0.2) is 4.39 Å². The van der Waals surface area contributed by atoms with E-state index in [0.717, 1.165) is 24.8 Å². The van der Waals surface area contributed by atoms with E-state index in [1.807, 2.05) is 0 Å². The first-order valence-corrected chi connectivity index (χ1v) is 7.09. The number of carbonyl (C=O) groups excluding carboxylic acids is 1. The summed E-state index contributed by atoms with van der Waals surface area (Å²) in [6.07, 6.45) is 4.39. The third-order valence-corrected chi connectivity index (χ3v) is 3.96. The summed E-state index contributed by atoms with van der Waals surface area (Å²) in [7, 11) is 0. The highest BCUT2D eigenvalue weighted by Gasteiger charge is 2.37. The minimum absolute atomic E-state index is 0.0506. The number of nitrogens with one attached hydrogen (secondary N) is 1. The summed E-state index contributed by atoms with van der Waals surface area (Å²) < 4.78 is 12.8. The molecule has 1 aromatic rings. The molecule has 1 aliphatic rings. The van der Waals surface area contributed by atoms with Crippen molar-refractivity contribution in [1.29, 1.82) is 0 Å². The molecule has 1 aliphatic carbocycles. The van der Waals surface area contributed by atoms with Crippen LogP contribution in [0.2, 0.25) is 0 Å². The maximum atomic E-state index is 12.8. The van der Waals surface area contributed by atoms with Crippen molar-refractivity contribution in [2.75, 3.05) is 0 Å². The van der Waals surface area contributed by atoms with Gasteiger partial charge in [0.05, 0.1) is 6.42 Å². The van der Waals surface area contributed by atoms with Crippen molar-refractivity contribution in [2.45, 2.75) is 44.1 Å². The van der Waals surface area contributed by atoms with E-state index in [2.05, 4.69) is 10.5 Å². The van der Waals surface area contributed by atoms with Gasteiger partial charge in [-0.05, 0) is 30.5 Å². The van der Waals surface area contributed by atoms with Gasteiger partial charge in [-0.1, -0.05) is 36.6 Å². The first kappa shape index (κ1) is 15.3. The lowest BCUT2D eigenvalue weighted by molar-refractivity contribution is -0.122. The van der Waals surface area contributed by atoms with Gasteiger partial charge >= 0.3 is 0 Å². The van der Waals surface area contributed by atoms with Gasteiger partial charge in [0, 0.05) is 0 Å². The molecule has 0 spiro atoms. The van der Waals surface area contributed by atoms with Crippen molar-refractivity contribution < 1.29 is 14.4 Å². The third-order valence-electron chi connectivity index (χ3n) is 3.96. The molecule has 5 nitrogen and oxygen atoms in total. The molecule has 2 rings (SSSR count). The molecule has 0 bridgehead atoms. The van der Waals surface area contributed by atoms with E-state index in [0.29, 0.717) is 12.8 Å². The molecule has 0 saturated heterocycles. The summed E-state index contributed by atoms with van der Waals surface area (Å²) in [5.74, 6) is -0.496. The smallest absolute Gasteiger partial charge is 0.225 e. The molecule has 1 aromatic carbocycles. The normalized spacial score (nSPS) is 18.2. The van der Waals surface area contributed by atoms with Crippen LogP contribution < -0.4 is 11.1 Å². The zero-order valence-corrected chi connectivity index (χ0v) is 11.8. The number of amides is 1. The topological polar surface area (TPSA) is 87.7 Å². The van der Waals surface area contributed by atoms with Crippen molar-refractivity contribution in [3.63, 3.8) is 0 Å². The second-order valence-electron chi connectivity index (χ2n) is 5.48. The molecule has 1 saturated carbocycles. The van der Waals surface area contributed by atoms with E-state index in [4.69, 9.17) is 10.9 Å². The molecular formula is C15H20FN3O2. The van der Waals surface area contributed by atoms with E-state index >= 15 is 0 Å². The second-order valence-corrected chi connectivity index (χ2v) is 5.48. The number of carbonyl (C=O) groups is 1. The van der Waals surface area contributed by atoms with Crippen LogP contribution >= 0.6 is 0 Å². The van der Waals surface area contributed by atoms with Crippen molar-refractivity contribution in [1.82, 2.24) is 5.32 Å². The van der Waals surface area contributed by atoms with Gasteiger partial charge in [0.1, 0.15) is 11.4 Å². The molecule has 1 fully saturated rings. The highest BCUT2D eigenvalue weighted by atomic mass is 19.1. The zero-order valence-electron chi connectivity index (χ0n) is 11.8. The number of rotatable bonds is 4. The fourth-order valence-corrected chi connectivity index (χ4v) is 2.79. The summed E-state index contributed by atoms with van der Waals surface area (Å²) in [5, 5.41) is 14.9. The predicted octanol–water partition coefficient (Wildman–Crippen LogP) is 1.93. The van der Waals surface area contributed by atoms with Gasteiger partial charge in [0.25, 0.3) is 0 Å². The molecule has 0 atom stereocenters. The van der Waals surface area contributed by atoms with Gasteiger partial charge in [-0.15, -0.1) is 0 Å². The Morgan fingerprint density at radius 1 is 1.29 bits per heavy atom. The lowest BCUT2D eigenvalue weighted by Gasteiger charge is -2.36. The summed E-state index contributed by atoms with van der Waals surface area (Å²) in [6.45, 7) is 0. The molecule has 0 aromatic heterocycles. The Morgan fingerprint density at radius 3 is 2.48 bits per heavy atom. The Labute approximate surface area is 123 Å². The van der Waals surface area contributed by atoms with Crippen LogP contribution in [0.1, 0.15) is 37.7 Å². The second kappa shape index (κ2) is 6.56. The van der Waals surface area contributed by atoms with Crippen LogP contribution in [0.5, 0.6) is 0 Å². The number of hydrogen-bond donors (Lipinski definition) is 3. The first-order valence-electron chi connectivity index (χ1n) is 7.09. The molecule has 4 N–H and O–H groups in total. The number of hydrogen-bond acceptors (Lipinski definition) is 3. The number of amidine groups is 1. The van der Waals surface area contributed by atoms with Gasteiger partial charge in [-0.3, -0.25) is 4.79 Å². The predicted molar refractivity (Wildman–Crippen MR) is 77.5 cm³/mol. The average Bonchev–Trinajstić information content (AvgIpc) is 2.49. The van der Waals surface area contributed by atoms with Crippen LogP contribution in [0.4, 0.5) is 4.39 Å². The lowest BCUT2D eigenvalue weighted by atomic mass is 9.80. The maximum absolute atomic E-state index is 12.8. The summed E-state index contributed by atoms with van der Waals surface area (Å²) in [6, 6.07) is 5.79. The van der Waals surface area contributed by atoms with Gasteiger partial charge in [0.15, 0.2) is 5.84 Å². The van der Waals surface area contributed by atoms with E-state index < -0.39 is 5.54 Å². The standard InChI is InChI=1S/C15H20FN3O2/c16-12-6-4-11(5-7-12)10-13(20)18-15(14(17)19-21)8-2-1-3-9-15/h4-7,21H,1-3,8-10H2,(H2,17,19)(H,18,20).